The molecule has 8 nitrogen and oxygen atoms in total. The van der Waals surface area contributed by atoms with Crippen LogP contribution in [0, 0.1) is 23.4 Å². The first-order chi connectivity index (χ1) is 15.4. The van der Waals surface area contributed by atoms with Crippen LogP contribution in [0.3, 0.4) is 0 Å². The number of anilines is 3. The third kappa shape index (κ3) is 6.22. The Labute approximate surface area is 183 Å². The van der Waals surface area contributed by atoms with Gasteiger partial charge in [0.2, 0.25) is 5.95 Å². The van der Waals surface area contributed by atoms with Crippen LogP contribution in [0.5, 0.6) is 0 Å². The Kier molecular flexibility index (Phi) is 8.09. The van der Waals surface area contributed by atoms with E-state index >= 15 is 0 Å². The molecule has 1 aliphatic heterocycles. The van der Waals surface area contributed by atoms with E-state index < -0.39 is 34.7 Å². The van der Waals surface area contributed by atoms with E-state index in [2.05, 4.69) is 15.3 Å². The maximum Gasteiger partial charge on any atom is 0.326 e. The number of carbonyl (C=O) groups excluding carboxylic acids is 1. The number of nitrogens with two attached hydrogens (primary N) is 1. The highest BCUT2D eigenvalue weighted by Crippen LogP contribution is 2.25. The Hall–Kier alpha value is -3.08. The highest BCUT2D eigenvalue weighted by molar-refractivity contribution is 5.98. The number of halogens is 3. The SMILES string of the molecule is NCCCCCC1CCN(c2cnc(NC(=O)Nc3cc(F)c(F)cc3F)[nH]c2=O)CC1. The van der Waals surface area contributed by atoms with E-state index in [1.807, 2.05) is 10.2 Å². The van der Waals surface area contributed by atoms with Gasteiger partial charge < -0.3 is 16.0 Å². The predicted octanol–water partition coefficient (Wildman–Crippen LogP) is 3.57. The van der Waals surface area contributed by atoms with Gasteiger partial charge in [-0.05, 0) is 31.7 Å². The fraction of sp³-hybridized carbons (Fsp3) is 0.476. The monoisotopic (exact) mass is 452 g/mol. The molecule has 1 aromatic carbocycles. The number of carbonyl (C=O) groups is 1. The summed E-state index contributed by atoms with van der Waals surface area (Å²) in [6.07, 6.45) is 7.88. The van der Waals surface area contributed by atoms with Gasteiger partial charge in [-0.1, -0.05) is 19.3 Å². The van der Waals surface area contributed by atoms with Crippen LogP contribution in [0.4, 0.5) is 35.3 Å². The number of nitrogens with one attached hydrogen (secondary N) is 3. The summed E-state index contributed by atoms with van der Waals surface area (Å²) in [5.74, 6) is -3.34. The van der Waals surface area contributed by atoms with Crippen LogP contribution in [0.25, 0.3) is 0 Å². The Balaban J connectivity index is 1.54. The lowest BCUT2D eigenvalue weighted by Crippen LogP contribution is -2.37. The highest BCUT2D eigenvalue weighted by atomic mass is 19.2. The van der Waals surface area contributed by atoms with Gasteiger partial charge >= 0.3 is 6.03 Å². The first-order valence-electron chi connectivity index (χ1n) is 10.6. The summed E-state index contributed by atoms with van der Waals surface area (Å²) in [5.41, 5.74) is 4.96. The number of aromatic nitrogens is 2. The predicted molar refractivity (Wildman–Crippen MR) is 116 cm³/mol. The molecule has 0 radical (unpaired) electrons. The van der Waals surface area contributed by atoms with Gasteiger partial charge in [0.05, 0.1) is 11.9 Å². The molecule has 1 aliphatic rings. The zero-order valence-electron chi connectivity index (χ0n) is 17.6. The Morgan fingerprint density at radius 3 is 2.50 bits per heavy atom. The Morgan fingerprint density at radius 2 is 1.81 bits per heavy atom. The van der Waals surface area contributed by atoms with E-state index in [0.29, 0.717) is 23.7 Å². The second kappa shape index (κ2) is 11.0. The van der Waals surface area contributed by atoms with Crippen LogP contribution in [-0.2, 0) is 0 Å². The average molecular weight is 452 g/mol. The van der Waals surface area contributed by atoms with E-state index in [0.717, 1.165) is 45.3 Å². The first-order valence-corrected chi connectivity index (χ1v) is 10.6. The molecule has 3 rings (SSSR count). The number of hydrogen-bond donors (Lipinski definition) is 4. The highest BCUT2D eigenvalue weighted by Gasteiger charge is 2.21. The molecule has 32 heavy (non-hydrogen) atoms. The van der Waals surface area contributed by atoms with Crippen molar-refractivity contribution in [3.8, 4) is 0 Å². The van der Waals surface area contributed by atoms with Gasteiger partial charge in [-0.25, -0.2) is 22.9 Å². The molecule has 1 aromatic heterocycles. The molecule has 0 atom stereocenters. The summed E-state index contributed by atoms with van der Waals surface area (Å²) >= 11 is 0. The van der Waals surface area contributed by atoms with Crippen molar-refractivity contribution in [2.24, 2.45) is 11.7 Å². The number of unbranched alkanes of at least 4 members (excludes halogenated alkanes) is 2. The lowest BCUT2D eigenvalue weighted by molar-refractivity contribution is 0.262. The summed E-state index contributed by atoms with van der Waals surface area (Å²) in [6.45, 7) is 2.21. The van der Waals surface area contributed by atoms with Gasteiger partial charge in [0.25, 0.3) is 5.56 Å². The molecule has 5 N–H and O–H groups in total. The van der Waals surface area contributed by atoms with Gasteiger partial charge in [-0.3, -0.25) is 15.1 Å². The third-order valence-corrected chi connectivity index (χ3v) is 5.54. The van der Waals surface area contributed by atoms with Gasteiger partial charge in [0.1, 0.15) is 11.5 Å². The number of aromatic amines is 1. The summed E-state index contributed by atoms with van der Waals surface area (Å²) in [4.78, 5) is 32.9. The number of hydrogen-bond acceptors (Lipinski definition) is 5. The molecule has 11 heteroatoms. The van der Waals surface area contributed by atoms with Crippen molar-refractivity contribution in [2.45, 2.75) is 38.5 Å². The molecule has 2 aromatic rings. The number of amides is 2. The smallest absolute Gasteiger partial charge is 0.326 e. The maximum absolute atomic E-state index is 13.7. The summed E-state index contributed by atoms with van der Waals surface area (Å²) in [5, 5.41) is 4.28. The largest absolute Gasteiger partial charge is 0.366 e. The lowest BCUT2D eigenvalue weighted by atomic mass is 9.91. The Morgan fingerprint density at radius 1 is 1.09 bits per heavy atom. The number of benzene rings is 1. The van der Waals surface area contributed by atoms with Gasteiger partial charge in [-0.15, -0.1) is 0 Å². The molecule has 0 aliphatic carbocycles. The second-order valence-corrected chi connectivity index (χ2v) is 7.84. The molecular weight excluding hydrogens is 425 g/mol. The summed E-state index contributed by atoms with van der Waals surface area (Å²) < 4.78 is 39.9. The second-order valence-electron chi connectivity index (χ2n) is 7.84. The van der Waals surface area contributed by atoms with E-state index in [9.17, 15) is 22.8 Å². The normalized spacial score (nSPS) is 14.4. The zero-order valence-corrected chi connectivity index (χ0v) is 17.6. The average Bonchev–Trinajstić information content (AvgIpc) is 2.76. The van der Waals surface area contributed by atoms with Crippen molar-refractivity contribution in [1.82, 2.24) is 9.97 Å². The van der Waals surface area contributed by atoms with Crippen LogP contribution >= 0.6 is 0 Å². The van der Waals surface area contributed by atoms with Crippen LogP contribution in [0.2, 0.25) is 0 Å². The van der Waals surface area contributed by atoms with Crippen molar-refractivity contribution in [1.29, 1.82) is 0 Å². The van der Waals surface area contributed by atoms with Crippen molar-refractivity contribution >= 4 is 23.4 Å². The van der Waals surface area contributed by atoms with Crippen molar-refractivity contribution in [3.05, 3.63) is 46.1 Å². The molecule has 0 bridgehead atoms. The molecule has 2 amide bonds. The van der Waals surface area contributed by atoms with Gasteiger partial charge in [-0.2, -0.15) is 0 Å². The first kappa shape index (κ1) is 23.6. The van der Waals surface area contributed by atoms with E-state index in [1.165, 1.54) is 19.0 Å². The van der Waals surface area contributed by atoms with Crippen LogP contribution in [-0.4, -0.2) is 35.6 Å². The number of urea groups is 1. The summed E-state index contributed by atoms with van der Waals surface area (Å²) in [7, 11) is 0. The molecule has 0 spiro atoms. The van der Waals surface area contributed by atoms with Crippen LogP contribution < -0.4 is 26.8 Å². The Bertz CT molecular complexity index is 992. The molecular formula is C21H27F3N6O2. The van der Waals surface area contributed by atoms with Gasteiger partial charge in [0, 0.05) is 25.2 Å². The van der Waals surface area contributed by atoms with Crippen LogP contribution in [0.15, 0.2) is 23.1 Å². The quantitative estimate of drug-likeness (QED) is 0.361. The van der Waals surface area contributed by atoms with Crippen molar-refractivity contribution < 1.29 is 18.0 Å². The molecule has 2 heterocycles. The zero-order chi connectivity index (χ0) is 23.1. The lowest BCUT2D eigenvalue weighted by Gasteiger charge is -2.32. The number of piperidine rings is 1. The minimum Gasteiger partial charge on any atom is -0.366 e. The van der Waals surface area contributed by atoms with Crippen molar-refractivity contribution in [3.63, 3.8) is 0 Å². The fourth-order valence-electron chi connectivity index (χ4n) is 3.77. The molecule has 174 valence electrons. The minimum atomic E-state index is -1.37. The molecule has 1 saturated heterocycles. The molecule has 0 unspecified atom stereocenters. The maximum atomic E-state index is 13.7. The fourth-order valence-corrected chi connectivity index (χ4v) is 3.77. The number of H-pyrrole nitrogens is 1. The summed E-state index contributed by atoms with van der Waals surface area (Å²) in [6, 6.07) is -0.129. The van der Waals surface area contributed by atoms with Gasteiger partial charge in [0.15, 0.2) is 11.6 Å². The standard InChI is InChI=1S/C21H27F3N6O2/c22-14-10-16(24)17(11-15(14)23)27-21(32)29-20-26-12-18(19(31)28-20)30-8-5-13(6-9-30)4-2-1-3-7-25/h10-13H,1-9,25H2,(H3,26,27,28,29,31,32). The number of nitrogens with zero attached hydrogens (tertiary/aromatic N) is 2. The number of rotatable bonds is 8. The van der Waals surface area contributed by atoms with Crippen molar-refractivity contribution in [2.75, 3.05) is 35.2 Å². The minimum absolute atomic E-state index is 0.158. The van der Waals surface area contributed by atoms with E-state index in [1.54, 1.807) is 0 Å². The van der Waals surface area contributed by atoms with E-state index in [-0.39, 0.29) is 5.95 Å². The topological polar surface area (TPSA) is 116 Å². The van der Waals surface area contributed by atoms with Crippen LogP contribution in [0.1, 0.15) is 38.5 Å². The molecule has 0 saturated carbocycles. The molecule has 1 fully saturated rings. The third-order valence-electron chi connectivity index (χ3n) is 5.54. The van der Waals surface area contributed by atoms with E-state index in [4.69, 9.17) is 5.73 Å².